The molecule has 250 valence electrons. The molecular formula is C36H20I2O12. The minimum Gasteiger partial charge on any atom is -0.504 e. The van der Waals surface area contributed by atoms with Gasteiger partial charge in [-0.05, 0) is 135 Å². The number of hydrogen-bond acceptors (Lipinski definition) is 12. The monoisotopic (exact) mass is 898 g/mol. The van der Waals surface area contributed by atoms with Crippen LogP contribution in [0, 0.1) is 7.14 Å². The number of carbonyl (C=O) groups is 4. The van der Waals surface area contributed by atoms with Gasteiger partial charge >= 0.3 is 0 Å². The van der Waals surface area contributed by atoms with Crippen LogP contribution in [-0.4, -0.2) is 64.0 Å². The van der Waals surface area contributed by atoms with Gasteiger partial charge < -0.3 is 40.9 Å². The number of hydrogen-bond donors (Lipinski definition) is 8. The van der Waals surface area contributed by atoms with Crippen LogP contribution in [0.25, 0.3) is 33.4 Å². The van der Waals surface area contributed by atoms with Crippen LogP contribution in [0.1, 0.15) is 22.3 Å². The van der Waals surface area contributed by atoms with Crippen molar-refractivity contribution in [3.63, 3.8) is 0 Å². The van der Waals surface area contributed by atoms with Gasteiger partial charge in [0.15, 0.2) is 69.1 Å². The van der Waals surface area contributed by atoms with Gasteiger partial charge in [-0.25, -0.2) is 0 Å². The first-order chi connectivity index (χ1) is 23.6. The third-order valence-electron chi connectivity index (χ3n) is 7.99. The molecule has 0 aliphatic heterocycles. The van der Waals surface area contributed by atoms with Gasteiger partial charge in [0, 0.05) is 39.0 Å². The van der Waals surface area contributed by atoms with Crippen molar-refractivity contribution in [3.05, 3.63) is 102 Å². The van der Waals surface area contributed by atoms with Crippen LogP contribution >= 0.6 is 45.2 Å². The molecule has 4 aromatic rings. The highest BCUT2D eigenvalue weighted by atomic mass is 127. The van der Waals surface area contributed by atoms with E-state index in [4.69, 9.17) is 0 Å². The van der Waals surface area contributed by atoms with E-state index in [2.05, 4.69) is 0 Å². The van der Waals surface area contributed by atoms with Gasteiger partial charge in [0.1, 0.15) is 0 Å². The second kappa shape index (κ2) is 12.7. The number of halogens is 2. The van der Waals surface area contributed by atoms with E-state index >= 15 is 0 Å². The lowest BCUT2D eigenvalue weighted by Gasteiger charge is -2.19. The Hall–Kier alpha value is -5.62. The van der Waals surface area contributed by atoms with Crippen LogP contribution in [0.4, 0.5) is 0 Å². The molecule has 0 saturated carbocycles. The molecule has 0 spiro atoms. The molecule has 6 rings (SSSR count). The molecule has 0 unspecified atom stereocenters. The highest BCUT2D eigenvalue weighted by molar-refractivity contribution is 14.1. The topological polar surface area (TPSA) is 230 Å². The van der Waals surface area contributed by atoms with Crippen molar-refractivity contribution >= 4 is 90.6 Å². The maximum absolute atomic E-state index is 13.5. The Balaban J connectivity index is 1.33. The molecule has 14 heteroatoms. The first-order valence-electron chi connectivity index (χ1n) is 14.2. The standard InChI is InChI=1S/C36H20I2O12/c37-24-4-14(7-29(43)35(24)49)20-3-13(6-28(42)32(20)46)19-11-27(41)22(12-26(19)40)17-1-2-18(34(48)33(17)47)23-10-16(39)9-21(31(23)45)15-5-25(38)36(50)30(44)8-15/h1-12,42-44,46-50H. The number of phenols is 8. The van der Waals surface area contributed by atoms with Crippen molar-refractivity contribution in [2.24, 2.45) is 0 Å². The van der Waals surface area contributed by atoms with E-state index in [1.165, 1.54) is 30.3 Å². The molecule has 0 fully saturated rings. The van der Waals surface area contributed by atoms with Crippen LogP contribution in [0.15, 0.2) is 72.8 Å². The number of ketones is 4. The predicted octanol–water partition coefficient (Wildman–Crippen LogP) is 5.45. The lowest BCUT2D eigenvalue weighted by atomic mass is 9.84. The first-order valence-corrected chi connectivity index (χ1v) is 16.3. The number of allylic oxidation sites excluding steroid dienone is 8. The van der Waals surface area contributed by atoms with Crippen molar-refractivity contribution in [3.8, 4) is 57.1 Å². The summed E-state index contributed by atoms with van der Waals surface area (Å²) in [6, 6.07) is 9.72. The molecule has 0 bridgehead atoms. The Morgan fingerprint density at radius 1 is 0.400 bits per heavy atom. The fourth-order valence-electron chi connectivity index (χ4n) is 5.50. The number of rotatable bonds is 5. The Morgan fingerprint density at radius 2 is 0.840 bits per heavy atom. The smallest absolute Gasteiger partial charge is 0.194 e. The third-order valence-corrected chi connectivity index (χ3v) is 9.63. The van der Waals surface area contributed by atoms with Crippen LogP contribution < -0.4 is 0 Å². The van der Waals surface area contributed by atoms with E-state index in [1.54, 1.807) is 45.2 Å². The summed E-state index contributed by atoms with van der Waals surface area (Å²) >= 11 is 3.48. The van der Waals surface area contributed by atoms with E-state index in [0.717, 1.165) is 42.5 Å². The summed E-state index contributed by atoms with van der Waals surface area (Å²) in [5.41, 5.74) is -1.24. The molecule has 0 saturated heterocycles. The molecule has 4 aromatic carbocycles. The maximum atomic E-state index is 13.5. The van der Waals surface area contributed by atoms with E-state index in [-0.39, 0.29) is 62.8 Å². The molecule has 0 aromatic heterocycles. The van der Waals surface area contributed by atoms with Gasteiger partial charge in [0.25, 0.3) is 0 Å². The van der Waals surface area contributed by atoms with Gasteiger partial charge in [-0.15, -0.1) is 0 Å². The highest BCUT2D eigenvalue weighted by Gasteiger charge is 2.31. The van der Waals surface area contributed by atoms with E-state index in [0.29, 0.717) is 0 Å². The fourth-order valence-corrected chi connectivity index (χ4v) is 6.73. The summed E-state index contributed by atoms with van der Waals surface area (Å²) < 4.78 is 0.429. The van der Waals surface area contributed by atoms with Crippen molar-refractivity contribution in [1.82, 2.24) is 0 Å². The van der Waals surface area contributed by atoms with Gasteiger partial charge in [0.05, 0.1) is 7.14 Å². The lowest BCUT2D eigenvalue weighted by Crippen LogP contribution is -2.14. The summed E-state index contributed by atoms with van der Waals surface area (Å²) in [6.45, 7) is 0. The summed E-state index contributed by atoms with van der Waals surface area (Å²) in [5, 5.41) is 82.9. The lowest BCUT2D eigenvalue weighted by molar-refractivity contribution is -0.112. The minimum absolute atomic E-state index is 0.0156. The first kappa shape index (κ1) is 34.3. The fraction of sp³-hybridized carbons (Fsp3) is 0. The number of carbonyl (C=O) groups excluding carboxylic acids is 4. The molecule has 0 atom stereocenters. The molecule has 0 radical (unpaired) electrons. The van der Waals surface area contributed by atoms with Crippen molar-refractivity contribution in [2.75, 3.05) is 0 Å². The Bertz CT molecular complexity index is 2350. The van der Waals surface area contributed by atoms with Gasteiger partial charge in [0.2, 0.25) is 0 Å². The van der Waals surface area contributed by atoms with Gasteiger partial charge in [-0.3, -0.25) is 19.2 Å². The molecule has 8 N–H and O–H groups in total. The number of aromatic hydroxyl groups is 8. The molecule has 0 heterocycles. The summed E-state index contributed by atoms with van der Waals surface area (Å²) in [6.07, 6.45) is 3.80. The molecule has 12 nitrogen and oxygen atoms in total. The van der Waals surface area contributed by atoms with Crippen LogP contribution in [0.3, 0.4) is 0 Å². The predicted molar refractivity (Wildman–Crippen MR) is 195 cm³/mol. The average molecular weight is 898 g/mol. The van der Waals surface area contributed by atoms with Crippen molar-refractivity contribution in [1.29, 1.82) is 0 Å². The van der Waals surface area contributed by atoms with Gasteiger partial charge in [-0.1, -0.05) is 0 Å². The minimum atomic E-state index is -0.868. The Morgan fingerprint density at radius 3 is 1.42 bits per heavy atom. The number of Topliss-reactive ketones (excluding diaryl/α,β-unsaturated/α-hetero) is 1. The second-order valence-electron chi connectivity index (χ2n) is 11.1. The maximum Gasteiger partial charge on any atom is 0.194 e. The van der Waals surface area contributed by atoms with E-state index in [1.807, 2.05) is 0 Å². The largest absolute Gasteiger partial charge is 0.504 e. The molecule has 2 aliphatic rings. The second-order valence-corrected chi connectivity index (χ2v) is 13.4. The van der Waals surface area contributed by atoms with E-state index < -0.39 is 69.1 Å². The average Bonchev–Trinajstić information content (AvgIpc) is 3.06. The number of phenolic OH excluding ortho intramolecular Hbond substituents is 8. The molecule has 0 amide bonds. The summed E-state index contributed by atoms with van der Waals surface area (Å²) in [5.74, 6) is -7.74. The van der Waals surface area contributed by atoms with Gasteiger partial charge in [-0.2, -0.15) is 0 Å². The van der Waals surface area contributed by atoms with Crippen molar-refractivity contribution in [2.45, 2.75) is 0 Å². The highest BCUT2D eigenvalue weighted by Crippen LogP contribution is 2.46. The van der Waals surface area contributed by atoms with Crippen LogP contribution in [0.5, 0.6) is 46.0 Å². The quantitative estimate of drug-likeness (QED) is 0.0711. The zero-order chi connectivity index (χ0) is 36.3. The summed E-state index contributed by atoms with van der Waals surface area (Å²) in [4.78, 5) is 52.8. The molecule has 50 heavy (non-hydrogen) atoms. The zero-order valence-electron chi connectivity index (χ0n) is 24.9. The molecular weight excluding hydrogens is 878 g/mol. The van der Waals surface area contributed by atoms with Crippen LogP contribution in [-0.2, 0) is 19.2 Å². The SMILES string of the molecule is O=C1C=C(c2cc(O)c(O)c(I)c2)C(=O)C(c2ccc(C3=CC(=O)C(c4cc(O)c(O)c(-c5cc(O)c(O)c(I)c5)c4)=CC3=O)c(O)c2O)=C1. The number of benzene rings is 4. The summed E-state index contributed by atoms with van der Waals surface area (Å²) in [7, 11) is 0. The van der Waals surface area contributed by atoms with Crippen LogP contribution in [0.2, 0.25) is 0 Å². The third kappa shape index (κ3) is 5.85. The van der Waals surface area contributed by atoms with Crippen molar-refractivity contribution < 1.29 is 60.0 Å². The normalized spacial score (nSPS) is 14.7. The Labute approximate surface area is 308 Å². The Kier molecular flexibility index (Phi) is 8.69. The van der Waals surface area contributed by atoms with E-state index in [9.17, 15) is 60.0 Å². The zero-order valence-corrected chi connectivity index (χ0v) is 29.2. The molecule has 2 aliphatic carbocycles.